The summed E-state index contributed by atoms with van der Waals surface area (Å²) < 4.78 is 14.0. The number of hydrogen-bond acceptors (Lipinski definition) is 4. The molecule has 1 aliphatic heterocycles. The molecular weight excluding hydrogens is 283 g/mol. The van der Waals surface area contributed by atoms with Crippen LogP contribution in [0.4, 0.5) is 10.2 Å². The molecule has 0 spiro atoms. The van der Waals surface area contributed by atoms with Gasteiger partial charge in [-0.15, -0.1) is 0 Å². The van der Waals surface area contributed by atoms with E-state index in [4.69, 9.17) is 11.6 Å². The first-order valence-corrected chi connectivity index (χ1v) is 7.03. The number of nitrogens with zero attached hydrogens (tertiary/aromatic N) is 3. The van der Waals surface area contributed by atoms with E-state index in [0.717, 1.165) is 19.4 Å². The van der Waals surface area contributed by atoms with Crippen LogP contribution in [0.25, 0.3) is 10.9 Å². The van der Waals surface area contributed by atoms with Crippen molar-refractivity contribution in [3.8, 4) is 0 Å². The number of pyridine rings is 1. The average molecular weight is 295 g/mol. The molecule has 2 aliphatic rings. The van der Waals surface area contributed by atoms with Crippen LogP contribution >= 0.6 is 11.6 Å². The number of aromatic nitrogens is 3. The second-order valence-corrected chi connectivity index (χ2v) is 5.77. The molecule has 2 atom stereocenters. The van der Waals surface area contributed by atoms with Gasteiger partial charge in [-0.25, -0.2) is 14.2 Å². The fourth-order valence-corrected chi connectivity index (χ4v) is 3.29. The zero-order valence-corrected chi connectivity index (χ0v) is 11.3. The van der Waals surface area contributed by atoms with E-state index in [0.29, 0.717) is 23.2 Å². The first-order chi connectivity index (χ1) is 9.65. The summed E-state index contributed by atoms with van der Waals surface area (Å²) in [5.41, 5.74) is -0.473. The van der Waals surface area contributed by atoms with E-state index in [-0.39, 0.29) is 10.7 Å². The number of halogens is 2. The van der Waals surface area contributed by atoms with Crippen LogP contribution in [0.2, 0.25) is 5.15 Å². The molecule has 2 aromatic rings. The molecule has 0 radical (unpaired) electrons. The minimum Gasteiger partial charge on any atom is -0.353 e. The van der Waals surface area contributed by atoms with Gasteiger partial charge in [0.15, 0.2) is 11.0 Å². The fraction of sp³-hybridized carbons (Fsp3) is 0.462. The van der Waals surface area contributed by atoms with Crippen LogP contribution in [0.5, 0.6) is 0 Å². The van der Waals surface area contributed by atoms with E-state index in [1.54, 1.807) is 0 Å². The standard InChI is InChI=1S/C13H12ClFN4O/c14-11-9(15)10-7(5-16-11)12(18-13(20)17-10)19-3-1-2-6-4-8(6)19/h5-6,8H,1-4H2,(H,17,18,20). The summed E-state index contributed by atoms with van der Waals surface area (Å²) in [6.45, 7) is 0.844. The van der Waals surface area contributed by atoms with Gasteiger partial charge in [0.25, 0.3) is 0 Å². The molecule has 104 valence electrons. The number of anilines is 1. The van der Waals surface area contributed by atoms with Crippen molar-refractivity contribution in [2.45, 2.75) is 25.3 Å². The highest BCUT2D eigenvalue weighted by atomic mass is 35.5. The maximum Gasteiger partial charge on any atom is 0.347 e. The van der Waals surface area contributed by atoms with Gasteiger partial charge in [0.2, 0.25) is 0 Å². The van der Waals surface area contributed by atoms with Gasteiger partial charge in [-0.2, -0.15) is 4.98 Å². The largest absolute Gasteiger partial charge is 0.353 e. The highest BCUT2D eigenvalue weighted by Gasteiger charge is 2.45. The number of fused-ring (bicyclic) bond motifs is 2. The van der Waals surface area contributed by atoms with Gasteiger partial charge in [0.1, 0.15) is 5.82 Å². The van der Waals surface area contributed by atoms with Crippen LogP contribution in [0.3, 0.4) is 0 Å². The minimum absolute atomic E-state index is 0.0859. The zero-order chi connectivity index (χ0) is 13.9. The SMILES string of the molecule is O=c1nc(N2CCCC3CC32)c2cnc(Cl)c(F)c2[nH]1. The Hall–Kier alpha value is -1.69. The predicted molar refractivity (Wildman–Crippen MR) is 73.6 cm³/mol. The highest BCUT2D eigenvalue weighted by molar-refractivity contribution is 6.30. The number of H-pyrrole nitrogens is 1. The van der Waals surface area contributed by atoms with Gasteiger partial charge in [0.05, 0.1) is 10.9 Å². The Kier molecular flexibility index (Phi) is 2.51. The summed E-state index contributed by atoms with van der Waals surface area (Å²) in [6.07, 6.45) is 4.89. The number of aromatic amines is 1. The summed E-state index contributed by atoms with van der Waals surface area (Å²) in [5.74, 6) is 0.512. The molecule has 0 aromatic carbocycles. The van der Waals surface area contributed by atoms with Crippen LogP contribution < -0.4 is 10.6 Å². The number of rotatable bonds is 1. The third kappa shape index (κ3) is 1.71. The smallest absolute Gasteiger partial charge is 0.347 e. The molecule has 2 fully saturated rings. The van der Waals surface area contributed by atoms with Gasteiger partial charge in [0, 0.05) is 18.8 Å². The van der Waals surface area contributed by atoms with Crippen LogP contribution in [-0.2, 0) is 0 Å². The third-order valence-corrected chi connectivity index (χ3v) is 4.45. The Morgan fingerprint density at radius 2 is 2.35 bits per heavy atom. The quantitative estimate of drug-likeness (QED) is 0.818. The lowest BCUT2D eigenvalue weighted by atomic mass is 10.1. The molecular formula is C13H12ClFN4O. The normalized spacial score (nSPS) is 24.8. The topological polar surface area (TPSA) is 61.9 Å². The van der Waals surface area contributed by atoms with Crippen molar-refractivity contribution < 1.29 is 4.39 Å². The molecule has 1 saturated carbocycles. The van der Waals surface area contributed by atoms with Crippen molar-refractivity contribution >= 4 is 28.3 Å². The van der Waals surface area contributed by atoms with Crippen molar-refractivity contribution in [2.75, 3.05) is 11.4 Å². The third-order valence-electron chi connectivity index (χ3n) is 4.19. The van der Waals surface area contributed by atoms with Crippen LogP contribution in [0.15, 0.2) is 11.0 Å². The lowest BCUT2D eigenvalue weighted by molar-refractivity contribution is 0.555. The maximum absolute atomic E-state index is 14.0. The maximum atomic E-state index is 14.0. The molecule has 1 saturated heterocycles. The predicted octanol–water partition coefficient (Wildman–Crippen LogP) is 2.10. The molecule has 5 nitrogen and oxygen atoms in total. The van der Waals surface area contributed by atoms with Crippen molar-refractivity contribution in [3.63, 3.8) is 0 Å². The molecule has 0 bridgehead atoms. The first kappa shape index (κ1) is 12.1. The summed E-state index contributed by atoms with van der Waals surface area (Å²) in [5, 5.41) is 0.271. The molecule has 3 heterocycles. The van der Waals surface area contributed by atoms with Gasteiger partial charge in [-0.05, 0) is 25.2 Å². The zero-order valence-electron chi connectivity index (χ0n) is 10.6. The summed E-state index contributed by atoms with van der Waals surface area (Å²) in [7, 11) is 0. The molecule has 7 heteroatoms. The highest BCUT2D eigenvalue weighted by Crippen LogP contribution is 2.45. The Morgan fingerprint density at radius 1 is 1.50 bits per heavy atom. The first-order valence-electron chi connectivity index (χ1n) is 6.66. The Bertz CT molecular complexity index is 762. The van der Waals surface area contributed by atoms with E-state index in [9.17, 15) is 9.18 Å². The van der Waals surface area contributed by atoms with Gasteiger partial charge >= 0.3 is 5.69 Å². The summed E-state index contributed by atoms with van der Waals surface area (Å²) >= 11 is 5.67. The van der Waals surface area contributed by atoms with E-state index in [2.05, 4.69) is 19.9 Å². The van der Waals surface area contributed by atoms with E-state index < -0.39 is 11.5 Å². The van der Waals surface area contributed by atoms with Crippen molar-refractivity contribution in [3.05, 3.63) is 27.7 Å². The van der Waals surface area contributed by atoms with Crippen molar-refractivity contribution in [2.24, 2.45) is 5.92 Å². The molecule has 2 unspecified atom stereocenters. The number of hydrogen-bond donors (Lipinski definition) is 1. The van der Waals surface area contributed by atoms with Gasteiger partial charge < -0.3 is 9.88 Å². The molecule has 1 aliphatic carbocycles. The fourth-order valence-electron chi connectivity index (χ4n) is 3.14. The summed E-state index contributed by atoms with van der Waals surface area (Å²) in [6, 6.07) is 0.431. The minimum atomic E-state index is -0.700. The summed E-state index contributed by atoms with van der Waals surface area (Å²) in [4.78, 5) is 24.1. The van der Waals surface area contributed by atoms with Crippen LogP contribution in [-0.4, -0.2) is 27.5 Å². The van der Waals surface area contributed by atoms with E-state index in [1.165, 1.54) is 12.6 Å². The molecule has 2 aromatic heterocycles. The Balaban J connectivity index is 1.95. The number of nitrogens with one attached hydrogen (secondary N) is 1. The Labute approximate surface area is 118 Å². The van der Waals surface area contributed by atoms with Crippen molar-refractivity contribution in [1.82, 2.24) is 15.0 Å². The van der Waals surface area contributed by atoms with Crippen molar-refractivity contribution in [1.29, 1.82) is 0 Å². The van der Waals surface area contributed by atoms with Gasteiger partial charge in [-0.1, -0.05) is 11.6 Å². The second-order valence-electron chi connectivity index (χ2n) is 5.42. The molecule has 0 amide bonds. The number of piperidine rings is 1. The average Bonchev–Trinajstić information content (AvgIpc) is 3.22. The van der Waals surface area contributed by atoms with E-state index >= 15 is 0 Å². The lowest BCUT2D eigenvalue weighted by Crippen LogP contribution is -2.34. The molecule has 4 rings (SSSR count). The van der Waals surface area contributed by atoms with Gasteiger partial charge in [-0.3, -0.25) is 0 Å². The van der Waals surface area contributed by atoms with Crippen LogP contribution in [0, 0.1) is 11.7 Å². The molecule has 20 heavy (non-hydrogen) atoms. The monoisotopic (exact) mass is 294 g/mol. The van der Waals surface area contributed by atoms with Crippen LogP contribution in [0.1, 0.15) is 19.3 Å². The molecule has 1 N–H and O–H groups in total. The second kappa shape index (κ2) is 4.15. The van der Waals surface area contributed by atoms with E-state index in [1.807, 2.05) is 0 Å². The Morgan fingerprint density at radius 3 is 3.20 bits per heavy atom. The lowest BCUT2D eigenvalue weighted by Gasteiger charge is -2.28.